The molecular weight excluding hydrogens is 266 g/mol. The van der Waals surface area contributed by atoms with Crippen LogP contribution in [-0.2, 0) is 4.74 Å². The van der Waals surface area contributed by atoms with E-state index in [1.807, 2.05) is 0 Å². The van der Waals surface area contributed by atoms with E-state index in [4.69, 9.17) is 4.74 Å². The van der Waals surface area contributed by atoms with E-state index in [9.17, 15) is 0 Å². The minimum Gasteiger partial charge on any atom is -0.381 e. The average molecular weight is 290 g/mol. The van der Waals surface area contributed by atoms with Crippen LogP contribution < -0.4 is 0 Å². The Balaban J connectivity index is 1.75. The first kappa shape index (κ1) is 12.8. The van der Waals surface area contributed by atoms with Crippen molar-refractivity contribution in [3.63, 3.8) is 0 Å². The van der Waals surface area contributed by atoms with Crippen LogP contribution in [0.4, 0.5) is 0 Å². The number of hydrogen-bond acceptors (Lipinski definition) is 2. The second kappa shape index (κ2) is 6.97. The zero-order chi connectivity index (χ0) is 11.2. The van der Waals surface area contributed by atoms with Crippen LogP contribution in [0.25, 0.3) is 0 Å². The minimum atomic E-state index is 0.893. The molecule has 94 valence electrons. The van der Waals surface area contributed by atoms with Gasteiger partial charge in [-0.3, -0.25) is 0 Å². The molecule has 1 heterocycles. The molecule has 3 heteroatoms. The molecule has 0 amide bonds. The van der Waals surface area contributed by atoms with Gasteiger partial charge in [-0.15, -0.1) is 0 Å². The standard InChI is InChI=1S/C13H24BrNO/c14-7-2-8-15(13-3-1-4-13)11-12-5-9-16-10-6-12/h12-13H,1-11H2. The molecule has 0 atom stereocenters. The van der Waals surface area contributed by atoms with Crippen LogP contribution in [0.2, 0.25) is 0 Å². The molecule has 0 aromatic rings. The minimum absolute atomic E-state index is 0.893. The molecule has 1 saturated heterocycles. The van der Waals surface area contributed by atoms with Crippen molar-refractivity contribution in [1.82, 2.24) is 4.90 Å². The molecule has 0 N–H and O–H groups in total. The van der Waals surface area contributed by atoms with Crippen LogP contribution in [-0.4, -0.2) is 42.6 Å². The second-order valence-corrected chi connectivity index (χ2v) is 5.97. The van der Waals surface area contributed by atoms with E-state index in [-0.39, 0.29) is 0 Å². The molecule has 2 aliphatic rings. The molecule has 2 fully saturated rings. The van der Waals surface area contributed by atoms with Gasteiger partial charge in [-0.05, 0) is 44.6 Å². The fraction of sp³-hybridized carbons (Fsp3) is 1.00. The van der Waals surface area contributed by atoms with Crippen LogP contribution in [0.5, 0.6) is 0 Å². The van der Waals surface area contributed by atoms with E-state index < -0.39 is 0 Å². The second-order valence-electron chi connectivity index (χ2n) is 5.18. The van der Waals surface area contributed by atoms with Gasteiger partial charge in [0.05, 0.1) is 0 Å². The van der Waals surface area contributed by atoms with Crippen LogP contribution in [0.15, 0.2) is 0 Å². The quantitative estimate of drug-likeness (QED) is 0.697. The molecule has 2 rings (SSSR count). The van der Waals surface area contributed by atoms with E-state index in [0.717, 1.165) is 30.5 Å². The monoisotopic (exact) mass is 289 g/mol. The zero-order valence-electron chi connectivity index (χ0n) is 10.2. The molecule has 0 radical (unpaired) electrons. The van der Waals surface area contributed by atoms with Crippen molar-refractivity contribution in [2.75, 3.05) is 31.6 Å². The van der Waals surface area contributed by atoms with E-state index in [2.05, 4.69) is 20.8 Å². The van der Waals surface area contributed by atoms with Gasteiger partial charge in [-0.2, -0.15) is 0 Å². The third kappa shape index (κ3) is 3.71. The summed E-state index contributed by atoms with van der Waals surface area (Å²) in [6, 6.07) is 0.905. The Kier molecular flexibility index (Phi) is 5.60. The fourth-order valence-corrected chi connectivity index (χ4v) is 2.95. The molecule has 0 spiro atoms. The highest BCUT2D eigenvalue weighted by molar-refractivity contribution is 9.09. The SMILES string of the molecule is BrCCCN(CC1CCOCC1)C1CCC1. The Labute approximate surface area is 108 Å². The van der Waals surface area contributed by atoms with Gasteiger partial charge in [0.25, 0.3) is 0 Å². The molecular formula is C13H24BrNO. The first-order chi connectivity index (χ1) is 7.90. The van der Waals surface area contributed by atoms with Crippen LogP contribution in [0, 0.1) is 5.92 Å². The smallest absolute Gasteiger partial charge is 0.0469 e. The van der Waals surface area contributed by atoms with E-state index in [1.165, 1.54) is 51.6 Å². The summed E-state index contributed by atoms with van der Waals surface area (Å²) in [5.74, 6) is 0.893. The fourth-order valence-electron chi connectivity index (χ4n) is 2.70. The topological polar surface area (TPSA) is 12.5 Å². The average Bonchev–Trinajstić information content (AvgIpc) is 2.25. The molecule has 2 nitrogen and oxygen atoms in total. The van der Waals surface area contributed by atoms with E-state index in [1.54, 1.807) is 0 Å². The first-order valence-electron chi connectivity index (χ1n) is 6.78. The third-order valence-corrected chi connectivity index (χ3v) is 4.56. The van der Waals surface area contributed by atoms with Crippen molar-refractivity contribution in [3.05, 3.63) is 0 Å². The van der Waals surface area contributed by atoms with Gasteiger partial charge in [0.2, 0.25) is 0 Å². The summed E-state index contributed by atoms with van der Waals surface area (Å²) >= 11 is 3.55. The Morgan fingerprint density at radius 2 is 1.88 bits per heavy atom. The number of ether oxygens (including phenoxy) is 1. The maximum absolute atomic E-state index is 5.44. The van der Waals surface area contributed by atoms with Crippen molar-refractivity contribution in [2.24, 2.45) is 5.92 Å². The highest BCUT2D eigenvalue weighted by Gasteiger charge is 2.27. The van der Waals surface area contributed by atoms with Crippen molar-refractivity contribution >= 4 is 15.9 Å². The molecule has 0 aromatic heterocycles. The van der Waals surface area contributed by atoms with Crippen molar-refractivity contribution < 1.29 is 4.74 Å². The highest BCUT2D eigenvalue weighted by atomic mass is 79.9. The van der Waals surface area contributed by atoms with Gasteiger partial charge in [0.15, 0.2) is 0 Å². The van der Waals surface area contributed by atoms with Gasteiger partial charge >= 0.3 is 0 Å². The molecule has 1 aliphatic heterocycles. The zero-order valence-corrected chi connectivity index (χ0v) is 11.8. The van der Waals surface area contributed by atoms with Crippen molar-refractivity contribution in [1.29, 1.82) is 0 Å². The summed E-state index contributed by atoms with van der Waals surface area (Å²) < 4.78 is 5.44. The summed E-state index contributed by atoms with van der Waals surface area (Å²) in [7, 11) is 0. The van der Waals surface area contributed by atoms with Crippen molar-refractivity contribution in [3.8, 4) is 0 Å². The summed E-state index contributed by atoms with van der Waals surface area (Å²) in [6.07, 6.45) is 8.16. The third-order valence-electron chi connectivity index (χ3n) is 4.00. The van der Waals surface area contributed by atoms with E-state index >= 15 is 0 Å². The predicted octanol–water partition coefficient (Wildman–Crippen LogP) is 3.05. The number of alkyl halides is 1. The molecule has 1 aliphatic carbocycles. The normalized spacial score (nSPS) is 23.6. The number of nitrogens with zero attached hydrogens (tertiary/aromatic N) is 1. The summed E-state index contributed by atoms with van der Waals surface area (Å²) in [5.41, 5.74) is 0. The van der Waals surface area contributed by atoms with E-state index in [0.29, 0.717) is 0 Å². The highest BCUT2D eigenvalue weighted by Crippen LogP contribution is 2.27. The largest absolute Gasteiger partial charge is 0.381 e. The van der Waals surface area contributed by atoms with Crippen molar-refractivity contribution in [2.45, 2.75) is 44.6 Å². The summed E-state index contributed by atoms with van der Waals surface area (Å²) in [4.78, 5) is 2.75. The lowest BCUT2D eigenvalue weighted by Gasteiger charge is -2.40. The van der Waals surface area contributed by atoms with Gasteiger partial charge in [0.1, 0.15) is 0 Å². The Hall–Kier alpha value is 0.400. The summed E-state index contributed by atoms with van der Waals surface area (Å²) in [5, 5.41) is 1.14. The lowest BCUT2D eigenvalue weighted by atomic mass is 9.89. The maximum Gasteiger partial charge on any atom is 0.0469 e. The Morgan fingerprint density at radius 3 is 2.44 bits per heavy atom. The van der Waals surface area contributed by atoms with Gasteiger partial charge < -0.3 is 9.64 Å². The molecule has 0 unspecified atom stereocenters. The Morgan fingerprint density at radius 1 is 1.12 bits per heavy atom. The van der Waals surface area contributed by atoms with Gasteiger partial charge in [-0.25, -0.2) is 0 Å². The van der Waals surface area contributed by atoms with Crippen LogP contribution in [0.1, 0.15) is 38.5 Å². The molecule has 16 heavy (non-hydrogen) atoms. The Bertz CT molecular complexity index is 190. The van der Waals surface area contributed by atoms with Crippen LogP contribution >= 0.6 is 15.9 Å². The molecule has 0 aromatic carbocycles. The lowest BCUT2D eigenvalue weighted by molar-refractivity contribution is 0.0351. The van der Waals surface area contributed by atoms with Gasteiger partial charge in [0, 0.05) is 31.1 Å². The summed E-state index contributed by atoms with van der Waals surface area (Å²) in [6.45, 7) is 4.58. The number of rotatable bonds is 6. The lowest BCUT2D eigenvalue weighted by Crippen LogP contribution is -2.44. The number of halogens is 1. The first-order valence-corrected chi connectivity index (χ1v) is 7.90. The molecule has 1 saturated carbocycles. The molecule has 0 bridgehead atoms. The maximum atomic E-state index is 5.44. The predicted molar refractivity (Wildman–Crippen MR) is 71.2 cm³/mol. The van der Waals surface area contributed by atoms with Gasteiger partial charge in [-0.1, -0.05) is 22.4 Å². The van der Waals surface area contributed by atoms with Crippen LogP contribution in [0.3, 0.4) is 0 Å². The number of hydrogen-bond donors (Lipinski definition) is 0.